The quantitative estimate of drug-likeness (QED) is 0.613. The maximum absolute atomic E-state index is 13.2. The lowest BCUT2D eigenvalue weighted by molar-refractivity contribution is -0.177. The Balaban J connectivity index is 1.29. The Morgan fingerprint density at radius 2 is 1.69 bits per heavy atom. The van der Waals surface area contributed by atoms with Crippen LogP contribution in [0.5, 0.6) is 0 Å². The van der Waals surface area contributed by atoms with Crippen molar-refractivity contribution in [3.63, 3.8) is 0 Å². The van der Waals surface area contributed by atoms with E-state index in [2.05, 4.69) is 5.32 Å². The monoisotopic (exact) mass is 459 g/mol. The molecule has 1 aromatic rings. The van der Waals surface area contributed by atoms with Crippen LogP contribution < -0.4 is 5.32 Å². The van der Waals surface area contributed by atoms with Gasteiger partial charge in [0.1, 0.15) is 5.00 Å². The number of carbonyl (C=O) groups excluding carboxylic acids is 3. The largest absolute Gasteiger partial charge is 0.462 e. The fraction of sp³-hybridized carbons (Fsp3) is 0.720. The predicted octanol–water partition coefficient (Wildman–Crippen LogP) is 4.89. The number of anilines is 1. The van der Waals surface area contributed by atoms with Gasteiger partial charge in [0, 0.05) is 4.88 Å². The van der Waals surface area contributed by atoms with Crippen molar-refractivity contribution in [2.75, 3.05) is 11.9 Å². The molecular formula is C25H33NO5S. The van der Waals surface area contributed by atoms with E-state index in [9.17, 15) is 14.4 Å². The van der Waals surface area contributed by atoms with Crippen LogP contribution in [0.2, 0.25) is 0 Å². The third-order valence-corrected chi connectivity index (χ3v) is 9.22. The summed E-state index contributed by atoms with van der Waals surface area (Å²) in [6.07, 6.45) is 9.46. The highest BCUT2D eigenvalue weighted by Gasteiger charge is 2.55. The molecule has 4 bridgehead atoms. The first kappa shape index (κ1) is 21.9. The number of hydrogen-bond acceptors (Lipinski definition) is 6. The number of fused-ring (bicyclic) bond motifs is 1. The van der Waals surface area contributed by atoms with Gasteiger partial charge in [0.15, 0.2) is 6.10 Å². The molecule has 32 heavy (non-hydrogen) atoms. The van der Waals surface area contributed by atoms with Crippen LogP contribution >= 0.6 is 11.3 Å². The molecule has 1 unspecified atom stereocenters. The smallest absolute Gasteiger partial charge is 0.341 e. The lowest BCUT2D eigenvalue weighted by atomic mass is 9.49. The summed E-state index contributed by atoms with van der Waals surface area (Å²) in [4.78, 5) is 40.0. The Bertz CT molecular complexity index is 900. The Kier molecular flexibility index (Phi) is 5.81. The van der Waals surface area contributed by atoms with Crippen LogP contribution in [0.15, 0.2) is 0 Å². The average molecular weight is 460 g/mol. The molecule has 5 aliphatic carbocycles. The fourth-order valence-electron chi connectivity index (χ4n) is 6.99. The summed E-state index contributed by atoms with van der Waals surface area (Å²) in [6.45, 7) is 3.70. The van der Waals surface area contributed by atoms with Gasteiger partial charge >= 0.3 is 11.9 Å². The number of esters is 2. The Labute approximate surface area is 193 Å². The van der Waals surface area contributed by atoms with E-state index in [4.69, 9.17) is 9.47 Å². The minimum atomic E-state index is -0.898. The molecule has 4 fully saturated rings. The van der Waals surface area contributed by atoms with Crippen molar-refractivity contribution in [3.05, 3.63) is 16.0 Å². The normalized spacial score (nSPS) is 31.0. The van der Waals surface area contributed by atoms with Crippen molar-refractivity contribution in [1.29, 1.82) is 0 Å². The molecule has 6 nitrogen and oxygen atoms in total. The van der Waals surface area contributed by atoms with Gasteiger partial charge in [-0.25, -0.2) is 4.79 Å². The molecule has 1 atom stereocenters. The summed E-state index contributed by atoms with van der Waals surface area (Å²) in [7, 11) is 0. The van der Waals surface area contributed by atoms with E-state index in [-0.39, 0.29) is 29.9 Å². The first-order chi connectivity index (χ1) is 15.4. The Hall–Kier alpha value is -1.89. The fourth-order valence-corrected chi connectivity index (χ4v) is 8.27. The summed E-state index contributed by atoms with van der Waals surface area (Å²) >= 11 is 1.45. The van der Waals surface area contributed by atoms with Crippen molar-refractivity contribution in [2.45, 2.75) is 84.2 Å². The van der Waals surface area contributed by atoms with Crippen LogP contribution in [-0.4, -0.2) is 30.6 Å². The molecule has 0 aliphatic heterocycles. The third kappa shape index (κ3) is 3.87. The van der Waals surface area contributed by atoms with Crippen LogP contribution in [-0.2, 0) is 31.9 Å². The van der Waals surface area contributed by atoms with Gasteiger partial charge in [-0.05, 0) is 101 Å². The lowest BCUT2D eigenvalue weighted by Crippen LogP contribution is -2.51. The molecule has 0 spiro atoms. The first-order valence-electron chi connectivity index (χ1n) is 12.2. The molecule has 0 radical (unpaired) electrons. The summed E-state index contributed by atoms with van der Waals surface area (Å²) < 4.78 is 11.0. The molecule has 4 saturated carbocycles. The molecule has 1 heterocycles. The number of rotatable bonds is 6. The van der Waals surface area contributed by atoms with Gasteiger partial charge in [-0.1, -0.05) is 0 Å². The average Bonchev–Trinajstić information content (AvgIpc) is 3.10. The van der Waals surface area contributed by atoms with Crippen LogP contribution in [0.25, 0.3) is 0 Å². The highest BCUT2D eigenvalue weighted by Crippen LogP contribution is 2.60. The molecule has 0 aromatic carbocycles. The van der Waals surface area contributed by atoms with Crippen molar-refractivity contribution in [2.24, 2.45) is 23.2 Å². The minimum Gasteiger partial charge on any atom is -0.462 e. The predicted molar refractivity (Wildman–Crippen MR) is 122 cm³/mol. The standard InChI is InChI=1S/C25H33NO5S/c1-3-30-23(28)20-18-6-4-5-7-19(18)32-22(20)26-21(27)14(2)31-24(29)25-11-15-8-16(12-25)10-17(9-15)13-25/h14-17H,3-13H2,1-2H3,(H,26,27). The number of aryl methyl sites for hydroxylation is 1. The zero-order valence-corrected chi connectivity index (χ0v) is 19.9. The molecule has 1 N–H and O–H groups in total. The second-order valence-corrected chi connectivity index (χ2v) is 11.5. The number of amides is 1. The van der Waals surface area contributed by atoms with Crippen molar-refractivity contribution in [1.82, 2.24) is 0 Å². The van der Waals surface area contributed by atoms with Gasteiger partial charge in [-0.2, -0.15) is 0 Å². The van der Waals surface area contributed by atoms with E-state index in [0.29, 0.717) is 28.3 Å². The van der Waals surface area contributed by atoms with E-state index < -0.39 is 6.10 Å². The SMILES string of the molecule is CCOC(=O)c1c(NC(=O)C(C)OC(=O)C23CC4CC(CC(C4)C2)C3)sc2c1CCCC2. The zero-order valence-electron chi connectivity index (χ0n) is 19.0. The number of ether oxygens (including phenoxy) is 2. The van der Waals surface area contributed by atoms with Gasteiger partial charge in [0.05, 0.1) is 17.6 Å². The van der Waals surface area contributed by atoms with Crippen molar-refractivity contribution < 1.29 is 23.9 Å². The van der Waals surface area contributed by atoms with Crippen LogP contribution in [0.3, 0.4) is 0 Å². The van der Waals surface area contributed by atoms with Crippen LogP contribution in [0, 0.1) is 23.2 Å². The summed E-state index contributed by atoms with van der Waals surface area (Å²) in [5, 5.41) is 3.41. The van der Waals surface area contributed by atoms with Gasteiger partial charge < -0.3 is 14.8 Å². The molecule has 1 amide bonds. The van der Waals surface area contributed by atoms with E-state index in [0.717, 1.165) is 55.4 Å². The van der Waals surface area contributed by atoms with E-state index in [1.54, 1.807) is 13.8 Å². The number of thiophene rings is 1. The molecule has 7 heteroatoms. The first-order valence-corrected chi connectivity index (χ1v) is 13.0. The summed E-state index contributed by atoms with van der Waals surface area (Å²) in [5.74, 6) is 0.954. The zero-order chi connectivity index (χ0) is 22.5. The molecule has 5 aliphatic rings. The van der Waals surface area contributed by atoms with Crippen molar-refractivity contribution >= 4 is 34.2 Å². The van der Waals surface area contributed by atoms with Gasteiger partial charge in [0.2, 0.25) is 0 Å². The van der Waals surface area contributed by atoms with E-state index >= 15 is 0 Å². The second-order valence-electron chi connectivity index (χ2n) is 10.4. The maximum Gasteiger partial charge on any atom is 0.341 e. The lowest BCUT2D eigenvalue weighted by Gasteiger charge is -2.55. The second kappa shape index (κ2) is 8.47. The number of carbonyl (C=O) groups is 3. The summed E-state index contributed by atoms with van der Waals surface area (Å²) in [5.41, 5.74) is 1.11. The van der Waals surface area contributed by atoms with Crippen molar-refractivity contribution in [3.8, 4) is 0 Å². The van der Waals surface area contributed by atoms with Gasteiger partial charge in [-0.3, -0.25) is 9.59 Å². The summed E-state index contributed by atoms with van der Waals surface area (Å²) in [6, 6.07) is 0. The van der Waals surface area contributed by atoms with Gasteiger partial charge in [0.25, 0.3) is 5.91 Å². The van der Waals surface area contributed by atoms with Crippen LogP contribution in [0.1, 0.15) is 86.0 Å². The molecule has 6 rings (SSSR count). The Morgan fingerprint density at radius 3 is 2.31 bits per heavy atom. The molecule has 1 aromatic heterocycles. The number of nitrogens with one attached hydrogen (secondary N) is 1. The van der Waals surface area contributed by atoms with Crippen LogP contribution in [0.4, 0.5) is 5.00 Å². The minimum absolute atomic E-state index is 0.199. The topological polar surface area (TPSA) is 81.7 Å². The van der Waals surface area contributed by atoms with E-state index in [1.807, 2.05) is 0 Å². The van der Waals surface area contributed by atoms with Gasteiger partial charge in [-0.15, -0.1) is 11.3 Å². The maximum atomic E-state index is 13.2. The highest BCUT2D eigenvalue weighted by atomic mass is 32.1. The third-order valence-electron chi connectivity index (χ3n) is 8.01. The molecular weight excluding hydrogens is 426 g/mol. The highest BCUT2D eigenvalue weighted by molar-refractivity contribution is 7.17. The van der Waals surface area contributed by atoms with E-state index in [1.165, 1.54) is 30.6 Å². The molecule has 0 saturated heterocycles. The molecule has 174 valence electrons. The number of hydrogen-bond donors (Lipinski definition) is 1. The Morgan fingerprint density at radius 1 is 1.06 bits per heavy atom.